The van der Waals surface area contributed by atoms with Crippen molar-refractivity contribution in [2.45, 2.75) is 33.5 Å². The van der Waals surface area contributed by atoms with E-state index >= 15 is 0 Å². The van der Waals surface area contributed by atoms with E-state index in [0.29, 0.717) is 6.54 Å². The standard InChI is InChI=1S/C21H32N6S.HI/c1-16-17(2)28-20(25-16)14-24-21(22-3)23-13-18-5-7-19(8-6-18)15-27-11-9-26(4)10-12-27;/h5-8H,9-15H2,1-4H3,(H2,22,23,24);1H. The second-order valence-corrected chi connectivity index (χ2v) is 8.71. The average Bonchev–Trinajstić information content (AvgIpc) is 3.02. The molecule has 0 saturated carbocycles. The summed E-state index contributed by atoms with van der Waals surface area (Å²) in [6.45, 7) is 11.3. The van der Waals surface area contributed by atoms with Crippen molar-refractivity contribution in [2.24, 2.45) is 4.99 Å². The van der Waals surface area contributed by atoms with Crippen LogP contribution < -0.4 is 10.6 Å². The first-order valence-electron chi connectivity index (χ1n) is 9.89. The third-order valence-corrected chi connectivity index (χ3v) is 6.26. The van der Waals surface area contributed by atoms with Crippen molar-refractivity contribution >= 4 is 41.3 Å². The Bertz CT molecular complexity index is 761. The van der Waals surface area contributed by atoms with E-state index in [-0.39, 0.29) is 24.0 Å². The van der Waals surface area contributed by atoms with Crippen LogP contribution in [0.5, 0.6) is 0 Å². The zero-order chi connectivity index (χ0) is 19.9. The summed E-state index contributed by atoms with van der Waals surface area (Å²) in [6, 6.07) is 8.90. The Morgan fingerprint density at radius 2 is 1.66 bits per heavy atom. The van der Waals surface area contributed by atoms with Gasteiger partial charge in [-0.3, -0.25) is 9.89 Å². The number of benzene rings is 1. The first-order valence-corrected chi connectivity index (χ1v) is 10.7. The molecule has 0 aliphatic carbocycles. The minimum Gasteiger partial charge on any atom is -0.352 e. The fourth-order valence-corrected chi connectivity index (χ4v) is 4.08. The van der Waals surface area contributed by atoms with E-state index < -0.39 is 0 Å². The van der Waals surface area contributed by atoms with Gasteiger partial charge in [0.15, 0.2) is 5.96 Å². The molecule has 0 radical (unpaired) electrons. The van der Waals surface area contributed by atoms with E-state index in [9.17, 15) is 0 Å². The maximum absolute atomic E-state index is 4.56. The molecule has 0 bridgehead atoms. The van der Waals surface area contributed by atoms with Gasteiger partial charge in [-0.15, -0.1) is 35.3 Å². The number of piperazine rings is 1. The number of likely N-dealkylation sites (N-methyl/N-ethyl adjacent to an activating group) is 1. The molecule has 29 heavy (non-hydrogen) atoms. The Hall–Kier alpha value is -1.23. The van der Waals surface area contributed by atoms with Gasteiger partial charge in [-0.1, -0.05) is 24.3 Å². The molecule has 0 amide bonds. The van der Waals surface area contributed by atoms with Gasteiger partial charge in [0.05, 0.1) is 12.2 Å². The Morgan fingerprint density at radius 1 is 1.03 bits per heavy atom. The maximum Gasteiger partial charge on any atom is 0.191 e. The molecule has 160 valence electrons. The number of aliphatic imine (C=N–C) groups is 1. The number of aromatic nitrogens is 1. The number of halogens is 1. The van der Waals surface area contributed by atoms with Crippen LogP contribution >= 0.6 is 35.3 Å². The number of nitrogens with one attached hydrogen (secondary N) is 2. The second-order valence-electron chi connectivity index (χ2n) is 7.42. The lowest BCUT2D eigenvalue weighted by molar-refractivity contribution is 0.148. The monoisotopic (exact) mass is 528 g/mol. The molecular formula is C21H33IN6S. The van der Waals surface area contributed by atoms with Crippen LogP contribution in [0.3, 0.4) is 0 Å². The van der Waals surface area contributed by atoms with Gasteiger partial charge in [0.2, 0.25) is 0 Å². The summed E-state index contributed by atoms with van der Waals surface area (Å²) < 4.78 is 0. The van der Waals surface area contributed by atoms with E-state index in [1.807, 2.05) is 0 Å². The third kappa shape index (κ3) is 7.51. The quantitative estimate of drug-likeness (QED) is 0.343. The Labute approximate surface area is 195 Å². The first kappa shape index (κ1) is 24.0. The molecule has 1 fully saturated rings. The van der Waals surface area contributed by atoms with E-state index in [1.54, 1.807) is 18.4 Å². The van der Waals surface area contributed by atoms with Crippen LogP contribution in [0.25, 0.3) is 0 Å². The zero-order valence-electron chi connectivity index (χ0n) is 17.9. The minimum atomic E-state index is 0. The Kier molecular flexibility index (Phi) is 9.81. The SMILES string of the molecule is CN=C(NCc1ccc(CN2CCN(C)CC2)cc1)NCc1nc(C)c(C)s1.I. The fraction of sp³-hybridized carbons (Fsp3) is 0.524. The molecule has 1 aromatic heterocycles. The van der Waals surface area contributed by atoms with Gasteiger partial charge in [-0.25, -0.2) is 4.98 Å². The number of hydrogen-bond acceptors (Lipinski definition) is 5. The highest BCUT2D eigenvalue weighted by atomic mass is 127. The van der Waals surface area contributed by atoms with Gasteiger partial charge in [-0.2, -0.15) is 0 Å². The topological polar surface area (TPSA) is 55.8 Å². The molecule has 1 aliphatic heterocycles. The lowest BCUT2D eigenvalue weighted by Gasteiger charge is -2.32. The van der Waals surface area contributed by atoms with Crippen molar-refractivity contribution in [3.05, 3.63) is 51.0 Å². The fourth-order valence-electron chi connectivity index (χ4n) is 3.21. The molecule has 2 heterocycles. The Balaban J connectivity index is 0.00000300. The van der Waals surface area contributed by atoms with Gasteiger partial charge in [0.1, 0.15) is 5.01 Å². The number of guanidine groups is 1. The zero-order valence-corrected chi connectivity index (χ0v) is 21.0. The summed E-state index contributed by atoms with van der Waals surface area (Å²) in [5.74, 6) is 0.798. The molecule has 0 atom stereocenters. The largest absolute Gasteiger partial charge is 0.352 e. The second kappa shape index (κ2) is 11.8. The van der Waals surface area contributed by atoms with E-state index in [2.05, 4.69) is 75.6 Å². The molecule has 3 rings (SSSR count). The van der Waals surface area contributed by atoms with Crippen molar-refractivity contribution < 1.29 is 0 Å². The summed E-state index contributed by atoms with van der Waals surface area (Å²) in [5, 5.41) is 7.81. The molecule has 6 nitrogen and oxygen atoms in total. The summed E-state index contributed by atoms with van der Waals surface area (Å²) in [4.78, 5) is 15.1. The van der Waals surface area contributed by atoms with Crippen LogP contribution in [0.4, 0.5) is 0 Å². The summed E-state index contributed by atoms with van der Waals surface area (Å²) in [5.41, 5.74) is 3.75. The van der Waals surface area contributed by atoms with Crippen LogP contribution in [0.2, 0.25) is 0 Å². The molecule has 1 aromatic carbocycles. The lowest BCUT2D eigenvalue weighted by atomic mass is 10.1. The molecule has 0 unspecified atom stereocenters. The average molecular weight is 529 g/mol. The highest BCUT2D eigenvalue weighted by Crippen LogP contribution is 2.16. The summed E-state index contributed by atoms with van der Waals surface area (Å²) in [7, 11) is 3.99. The van der Waals surface area contributed by atoms with Crippen molar-refractivity contribution in [3.63, 3.8) is 0 Å². The van der Waals surface area contributed by atoms with Gasteiger partial charge >= 0.3 is 0 Å². The van der Waals surface area contributed by atoms with Crippen molar-refractivity contribution in [3.8, 4) is 0 Å². The number of hydrogen-bond donors (Lipinski definition) is 2. The molecule has 2 aromatic rings. The first-order chi connectivity index (χ1) is 13.5. The summed E-state index contributed by atoms with van der Waals surface area (Å²) >= 11 is 1.73. The van der Waals surface area contributed by atoms with Gasteiger partial charge in [0.25, 0.3) is 0 Å². The number of aryl methyl sites for hydroxylation is 2. The number of thiazole rings is 1. The highest BCUT2D eigenvalue weighted by Gasteiger charge is 2.13. The third-order valence-electron chi connectivity index (χ3n) is 5.19. The van der Waals surface area contributed by atoms with Crippen LogP contribution in [-0.4, -0.2) is 61.0 Å². The van der Waals surface area contributed by atoms with E-state index in [1.165, 1.54) is 16.0 Å². The van der Waals surface area contributed by atoms with E-state index in [0.717, 1.165) is 55.9 Å². The number of nitrogens with zero attached hydrogens (tertiary/aromatic N) is 4. The smallest absolute Gasteiger partial charge is 0.191 e. The number of rotatable bonds is 6. The van der Waals surface area contributed by atoms with Crippen LogP contribution in [-0.2, 0) is 19.6 Å². The molecule has 1 saturated heterocycles. The normalized spacial score (nSPS) is 15.8. The molecule has 0 spiro atoms. The summed E-state index contributed by atoms with van der Waals surface area (Å²) in [6.07, 6.45) is 0. The predicted octanol–water partition coefficient (Wildman–Crippen LogP) is 2.99. The van der Waals surface area contributed by atoms with Crippen molar-refractivity contribution in [2.75, 3.05) is 40.3 Å². The molecule has 8 heteroatoms. The minimum absolute atomic E-state index is 0. The highest BCUT2D eigenvalue weighted by molar-refractivity contribution is 14.0. The van der Waals surface area contributed by atoms with Crippen LogP contribution in [0.15, 0.2) is 29.3 Å². The predicted molar refractivity (Wildman–Crippen MR) is 133 cm³/mol. The lowest BCUT2D eigenvalue weighted by Crippen LogP contribution is -2.43. The van der Waals surface area contributed by atoms with Crippen molar-refractivity contribution in [1.82, 2.24) is 25.4 Å². The molecule has 1 aliphatic rings. The molecular weight excluding hydrogens is 495 g/mol. The van der Waals surface area contributed by atoms with Gasteiger partial charge < -0.3 is 15.5 Å². The van der Waals surface area contributed by atoms with Crippen molar-refractivity contribution in [1.29, 1.82) is 0 Å². The van der Waals surface area contributed by atoms with Gasteiger partial charge in [-0.05, 0) is 32.0 Å². The van der Waals surface area contributed by atoms with Gasteiger partial charge in [0, 0.05) is 51.2 Å². The maximum atomic E-state index is 4.56. The van der Waals surface area contributed by atoms with Crippen LogP contribution in [0.1, 0.15) is 26.7 Å². The van der Waals surface area contributed by atoms with E-state index in [4.69, 9.17) is 0 Å². The van der Waals surface area contributed by atoms with Crippen LogP contribution in [0, 0.1) is 13.8 Å². The Morgan fingerprint density at radius 3 is 2.24 bits per heavy atom. The molecule has 2 N–H and O–H groups in total.